The van der Waals surface area contributed by atoms with Crippen LogP contribution in [0.5, 0.6) is 0 Å². The Labute approximate surface area is 111 Å². The maximum atomic E-state index is 12.5. The van der Waals surface area contributed by atoms with Gasteiger partial charge in [-0.05, 0) is 33.6 Å². The van der Waals surface area contributed by atoms with Crippen LogP contribution in [0.4, 0.5) is 0 Å². The Bertz CT molecular complexity index is 485. The van der Waals surface area contributed by atoms with Gasteiger partial charge >= 0.3 is 5.97 Å². The molecule has 1 aliphatic carbocycles. The first-order chi connectivity index (χ1) is 8.91. The monoisotopic (exact) mass is 266 g/mol. The topological polar surface area (TPSA) is 83.6 Å². The highest BCUT2D eigenvalue weighted by Crippen LogP contribution is 2.31. The van der Waals surface area contributed by atoms with Crippen LogP contribution >= 0.6 is 0 Å². The van der Waals surface area contributed by atoms with Crippen molar-refractivity contribution >= 4 is 11.9 Å². The van der Waals surface area contributed by atoms with Gasteiger partial charge in [0.2, 0.25) is 5.91 Å². The van der Waals surface area contributed by atoms with E-state index >= 15 is 0 Å². The number of carboxylic acids is 1. The van der Waals surface area contributed by atoms with Crippen LogP contribution in [0.15, 0.2) is 4.52 Å². The van der Waals surface area contributed by atoms with Crippen LogP contribution in [0.2, 0.25) is 0 Å². The molecule has 1 aliphatic rings. The molecular weight excluding hydrogens is 248 g/mol. The number of rotatable bonds is 5. The van der Waals surface area contributed by atoms with Gasteiger partial charge in [0.1, 0.15) is 12.3 Å². The first-order valence-electron chi connectivity index (χ1n) is 6.36. The summed E-state index contributed by atoms with van der Waals surface area (Å²) >= 11 is 0. The lowest BCUT2D eigenvalue weighted by Gasteiger charge is -2.24. The summed E-state index contributed by atoms with van der Waals surface area (Å²) in [5.41, 5.74) is 1.45. The van der Waals surface area contributed by atoms with E-state index in [1.807, 2.05) is 0 Å². The van der Waals surface area contributed by atoms with Crippen LogP contribution in [-0.4, -0.2) is 39.6 Å². The minimum atomic E-state index is -0.980. The summed E-state index contributed by atoms with van der Waals surface area (Å²) in [5, 5.41) is 12.7. The summed E-state index contributed by atoms with van der Waals surface area (Å²) in [7, 11) is 0. The zero-order valence-electron chi connectivity index (χ0n) is 11.3. The number of hydrogen-bond donors (Lipinski definition) is 1. The Kier molecular flexibility index (Phi) is 3.59. The minimum absolute atomic E-state index is 0.0755. The zero-order chi connectivity index (χ0) is 14.2. The fourth-order valence-electron chi connectivity index (χ4n) is 2.40. The number of nitrogens with zero attached hydrogens (tertiary/aromatic N) is 2. The van der Waals surface area contributed by atoms with Gasteiger partial charge in [0.05, 0.1) is 11.6 Å². The van der Waals surface area contributed by atoms with E-state index in [-0.39, 0.29) is 18.5 Å². The number of hydrogen-bond acceptors (Lipinski definition) is 4. The fraction of sp³-hybridized carbons (Fsp3) is 0.615. The van der Waals surface area contributed by atoms with Crippen molar-refractivity contribution in [3.05, 3.63) is 17.0 Å². The molecule has 6 heteroatoms. The van der Waals surface area contributed by atoms with Gasteiger partial charge in [-0.15, -0.1) is 0 Å². The Balaban J connectivity index is 2.19. The summed E-state index contributed by atoms with van der Waals surface area (Å²) in [6.45, 7) is 5.08. The first-order valence-corrected chi connectivity index (χ1v) is 6.36. The number of amides is 1. The molecule has 1 N–H and O–H groups in total. The molecule has 1 aromatic rings. The molecule has 0 aliphatic heterocycles. The Morgan fingerprint density at radius 1 is 1.47 bits per heavy atom. The average Bonchev–Trinajstić information content (AvgIpc) is 3.11. The molecule has 1 unspecified atom stereocenters. The molecule has 1 fully saturated rings. The molecule has 1 heterocycles. The summed E-state index contributed by atoms with van der Waals surface area (Å²) in [5.74, 6) is -0.957. The van der Waals surface area contributed by atoms with Crippen molar-refractivity contribution in [3.63, 3.8) is 0 Å². The predicted octanol–water partition coefficient (Wildman–Crippen LogP) is 1.47. The third-order valence-corrected chi connectivity index (χ3v) is 3.47. The first kappa shape index (κ1) is 13.6. The standard InChI is InChI=1S/C13H18N2O4/c1-7(12-8(2)14-19-9(12)3)13(18)15(6-11(16)17)10-4-5-10/h7,10H,4-6H2,1-3H3,(H,16,17). The maximum absolute atomic E-state index is 12.5. The normalized spacial score (nSPS) is 16.2. The van der Waals surface area contributed by atoms with Crippen LogP contribution < -0.4 is 0 Å². The van der Waals surface area contributed by atoms with E-state index in [4.69, 9.17) is 9.63 Å². The highest BCUT2D eigenvalue weighted by molar-refractivity contribution is 5.87. The van der Waals surface area contributed by atoms with E-state index < -0.39 is 11.9 Å². The molecule has 2 rings (SSSR count). The zero-order valence-corrected chi connectivity index (χ0v) is 11.3. The smallest absolute Gasteiger partial charge is 0.323 e. The summed E-state index contributed by atoms with van der Waals surface area (Å²) in [4.78, 5) is 24.8. The maximum Gasteiger partial charge on any atom is 0.323 e. The molecule has 0 spiro atoms. The van der Waals surface area contributed by atoms with Gasteiger partial charge < -0.3 is 14.5 Å². The molecule has 0 bridgehead atoms. The molecule has 104 valence electrons. The van der Waals surface area contributed by atoms with Crippen LogP contribution in [0.1, 0.15) is 42.7 Å². The van der Waals surface area contributed by atoms with E-state index in [9.17, 15) is 9.59 Å². The molecule has 0 saturated heterocycles. The molecule has 1 saturated carbocycles. The number of carbonyl (C=O) groups excluding carboxylic acids is 1. The molecule has 1 atom stereocenters. The molecule has 1 aromatic heterocycles. The van der Waals surface area contributed by atoms with Gasteiger partial charge in [-0.1, -0.05) is 5.16 Å². The fourth-order valence-corrected chi connectivity index (χ4v) is 2.40. The van der Waals surface area contributed by atoms with Crippen molar-refractivity contribution in [2.45, 2.75) is 45.6 Å². The molecule has 0 radical (unpaired) electrons. The van der Waals surface area contributed by atoms with E-state index in [1.54, 1.807) is 20.8 Å². The summed E-state index contributed by atoms with van der Waals surface area (Å²) in [6.07, 6.45) is 1.76. The Morgan fingerprint density at radius 2 is 2.11 bits per heavy atom. The van der Waals surface area contributed by atoms with Gasteiger partial charge in [-0.2, -0.15) is 0 Å². The molecular formula is C13H18N2O4. The third-order valence-electron chi connectivity index (χ3n) is 3.47. The lowest BCUT2D eigenvalue weighted by molar-refractivity contribution is -0.145. The van der Waals surface area contributed by atoms with Gasteiger partial charge in [-0.3, -0.25) is 9.59 Å². The van der Waals surface area contributed by atoms with Crippen molar-refractivity contribution in [2.24, 2.45) is 0 Å². The molecule has 6 nitrogen and oxygen atoms in total. The van der Waals surface area contributed by atoms with E-state index in [0.717, 1.165) is 18.4 Å². The van der Waals surface area contributed by atoms with Gasteiger partial charge in [0.15, 0.2) is 0 Å². The molecule has 19 heavy (non-hydrogen) atoms. The number of carbonyl (C=O) groups is 2. The van der Waals surface area contributed by atoms with Crippen LogP contribution in [0, 0.1) is 13.8 Å². The van der Waals surface area contributed by atoms with Crippen LogP contribution in [0.25, 0.3) is 0 Å². The Hall–Kier alpha value is -1.85. The van der Waals surface area contributed by atoms with Crippen LogP contribution in [-0.2, 0) is 9.59 Å². The van der Waals surface area contributed by atoms with Gasteiger partial charge in [0, 0.05) is 11.6 Å². The lowest BCUT2D eigenvalue weighted by atomic mass is 9.98. The quantitative estimate of drug-likeness (QED) is 0.872. The second-order valence-electron chi connectivity index (χ2n) is 5.05. The van der Waals surface area contributed by atoms with Crippen LogP contribution in [0.3, 0.4) is 0 Å². The van der Waals surface area contributed by atoms with Gasteiger partial charge in [-0.25, -0.2) is 0 Å². The largest absolute Gasteiger partial charge is 0.480 e. The predicted molar refractivity (Wildman–Crippen MR) is 66.8 cm³/mol. The van der Waals surface area contributed by atoms with E-state index in [1.165, 1.54) is 4.90 Å². The van der Waals surface area contributed by atoms with E-state index in [2.05, 4.69) is 5.16 Å². The molecule has 1 amide bonds. The van der Waals surface area contributed by atoms with E-state index in [0.29, 0.717) is 11.5 Å². The minimum Gasteiger partial charge on any atom is -0.480 e. The van der Waals surface area contributed by atoms with Crippen molar-refractivity contribution < 1.29 is 19.2 Å². The third kappa shape index (κ3) is 2.77. The Morgan fingerprint density at radius 3 is 2.53 bits per heavy atom. The summed E-state index contributed by atoms with van der Waals surface area (Å²) in [6, 6.07) is 0.0755. The number of aromatic nitrogens is 1. The number of aryl methyl sites for hydroxylation is 2. The van der Waals surface area contributed by atoms with Gasteiger partial charge in [0.25, 0.3) is 0 Å². The van der Waals surface area contributed by atoms with Crippen molar-refractivity contribution in [3.8, 4) is 0 Å². The van der Waals surface area contributed by atoms with Crippen molar-refractivity contribution in [1.82, 2.24) is 10.1 Å². The number of carboxylic acid groups (broad SMARTS) is 1. The van der Waals surface area contributed by atoms with Crippen molar-refractivity contribution in [2.75, 3.05) is 6.54 Å². The second-order valence-corrected chi connectivity index (χ2v) is 5.05. The summed E-state index contributed by atoms with van der Waals surface area (Å²) < 4.78 is 5.07. The van der Waals surface area contributed by atoms with Crippen molar-refractivity contribution in [1.29, 1.82) is 0 Å². The lowest BCUT2D eigenvalue weighted by Crippen LogP contribution is -2.40. The SMILES string of the molecule is Cc1noc(C)c1C(C)C(=O)N(CC(=O)O)C1CC1. The molecule has 0 aromatic carbocycles. The second kappa shape index (κ2) is 5.03. The highest BCUT2D eigenvalue weighted by Gasteiger charge is 2.37. The highest BCUT2D eigenvalue weighted by atomic mass is 16.5. The average molecular weight is 266 g/mol. The number of aliphatic carboxylic acids is 1.